The normalized spacial score (nSPS) is 18.7. The van der Waals surface area contributed by atoms with Crippen LogP contribution < -0.4 is 10.2 Å². The first-order valence-corrected chi connectivity index (χ1v) is 9.12. The van der Waals surface area contributed by atoms with Gasteiger partial charge in [0, 0.05) is 24.9 Å². The Morgan fingerprint density at radius 3 is 2.81 bits per heavy atom. The topological polar surface area (TPSA) is 41.6 Å². The van der Waals surface area contributed by atoms with E-state index in [-0.39, 0.29) is 18.1 Å². The largest absolute Gasteiger partial charge is 0.375 e. The number of rotatable bonds is 5. The average molecular weight is 350 g/mol. The highest BCUT2D eigenvalue weighted by Gasteiger charge is 2.18. The lowest BCUT2D eigenvalue weighted by Crippen LogP contribution is -2.41. The Morgan fingerprint density at radius 1 is 1.23 bits per heavy atom. The van der Waals surface area contributed by atoms with Crippen molar-refractivity contribution in [1.29, 1.82) is 0 Å². The minimum absolute atomic E-state index is 0.0543. The minimum Gasteiger partial charge on any atom is -0.375 e. The third-order valence-corrected chi connectivity index (χ3v) is 4.56. The minimum atomic E-state index is -0.0910. The van der Waals surface area contributed by atoms with Gasteiger partial charge in [0.05, 0.1) is 18.8 Å². The van der Waals surface area contributed by atoms with E-state index in [1.165, 1.54) is 5.69 Å². The summed E-state index contributed by atoms with van der Waals surface area (Å²) in [5.41, 5.74) is 3.29. The van der Waals surface area contributed by atoms with Gasteiger partial charge in [0.2, 0.25) is 5.91 Å². The van der Waals surface area contributed by atoms with Gasteiger partial charge in [-0.05, 0) is 43.2 Å². The standard InChI is InChI=1S/C22H26N2O2/c1-17-16-24(13-14-26-17)21-10-6-9-20(15-21)18(2)23-22(25)12-11-19-7-4-3-5-8-19/h3-12,15,17-18H,13-14,16H2,1-2H3,(H,23,25)/b12-11+/t17?,18-/m0/s1. The number of nitrogens with one attached hydrogen (secondary N) is 1. The Kier molecular flexibility index (Phi) is 6.08. The van der Waals surface area contributed by atoms with Crippen molar-refractivity contribution in [3.05, 3.63) is 71.8 Å². The summed E-state index contributed by atoms with van der Waals surface area (Å²) in [5.74, 6) is -0.0910. The first-order valence-electron chi connectivity index (χ1n) is 9.12. The quantitative estimate of drug-likeness (QED) is 0.834. The van der Waals surface area contributed by atoms with Gasteiger partial charge in [-0.25, -0.2) is 0 Å². The van der Waals surface area contributed by atoms with Crippen molar-refractivity contribution < 1.29 is 9.53 Å². The van der Waals surface area contributed by atoms with E-state index in [1.807, 2.05) is 49.4 Å². The van der Waals surface area contributed by atoms with E-state index in [0.717, 1.165) is 30.8 Å². The average Bonchev–Trinajstić information content (AvgIpc) is 2.67. The SMILES string of the molecule is CC1CN(c2cccc([C@H](C)NC(=O)/C=C/c3ccccc3)c2)CCO1. The molecule has 0 radical (unpaired) electrons. The highest BCUT2D eigenvalue weighted by atomic mass is 16.5. The molecule has 1 saturated heterocycles. The molecule has 2 atom stereocenters. The summed E-state index contributed by atoms with van der Waals surface area (Å²) in [6.45, 7) is 6.65. The van der Waals surface area contributed by atoms with E-state index >= 15 is 0 Å². The maximum absolute atomic E-state index is 12.2. The summed E-state index contributed by atoms with van der Waals surface area (Å²) in [6.07, 6.45) is 3.65. The van der Waals surface area contributed by atoms with Crippen LogP contribution in [0.3, 0.4) is 0 Å². The van der Waals surface area contributed by atoms with Gasteiger partial charge in [-0.2, -0.15) is 0 Å². The van der Waals surface area contributed by atoms with Gasteiger partial charge < -0.3 is 15.0 Å². The van der Waals surface area contributed by atoms with Crippen molar-refractivity contribution in [2.75, 3.05) is 24.6 Å². The number of hydrogen-bond acceptors (Lipinski definition) is 3. The molecule has 4 heteroatoms. The molecule has 1 unspecified atom stereocenters. The number of hydrogen-bond donors (Lipinski definition) is 1. The van der Waals surface area contributed by atoms with Gasteiger partial charge in [0.15, 0.2) is 0 Å². The lowest BCUT2D eigenvalue weighted by Gasteiger charge is -2.33. The fraction of sp³-hybridized carbons (Fsp3) is 0.318. The third kappa shape index (κ3) is 4.96. The number of benzene rings is 2. The molecule has 26 heavy (non-hydrogen) atoms. The summed E-state index contributed by atoms with van der Waals surface area (Å²) in [6, 6.07) is 18.1. The predicted octanol–water partition coefficient (Wildman–Crippen LogP) is 3.80. The fourth-order valence-electron chi connectivity index (χ4n) is 3.12. The molecule has 0 aliphatic carbocycles. The molecule has 1 aliphatic heterocycles. The Morgan fingerprint density at radius 2 is 2.04 bits per heavy atom. The van der Waals surface area contributed by atoms with Crippen molar-refractivity contribution in [3.63, 3.8) is 0 Å². The second kappa shape index (κ2) is 8.68. The van der Waals surface area contributed by atoms with Crippen molar-refractivity contribution in [2.24, 2.45) is 0 Å². The molecule has 0 spiro atoms. The van der Waals surface area contributed by atoms with Crippen LogP contribution in [0, 0.1) is 0 Å². The molecule has 1 amide bonds. The van der Waals surface area contributed by atoms with Gasteiger partial charge >= 0.3 is 0 Å². The Balaban J connectivity index is 1.62. The summed E-state index contributed by atoms with van der Waals surface area (Å²) in [7, 11) is 0. The Hall–Kier alpha value is -2.59. The first-order chi connectivity index (χ1) is 12.6. The molecule has 1 aliphatic rings. The zero-order chi connectivity index (χ0) is 18.4. The maximum Gasteiger partial charge on any atom is 0.244 e. The van der Waals surface area contributed by atoms with Crippen LogP contribution in [0.5, 0.6) is 0 Å². The van der Waals surface area contributed by atoms with E-state index in [9.17, 15) is 4.79 Å². The van der Waals surface area contributed by atoms with E-state index in [1.54, 1.807) is 6.08 Å². The molecule has 0 saturated carbocycles. The number of amides is 1. The van der Waals surface area contributed by atoms with Crippen LogP contribution in [0.15, 0.2) is 60.7 Å². The molecule has 0 bridgehead atoms. The number of anilines is 1. The van der Waals surface area contributed by atoms with E-state index in [2.05, 4.69) is 35.3 Å². The van der Waals surface area contributed by atoms with Gasteiger partial charge in [0.25, 0.3) is 0 Å². The van der Waals surface area contributed by atoms with Crippen LogP contribution >= 0.6 is 0 Å². The van der Waals surface area contributed by atoms with Gasteiger partial charge in [-0.15, -0.1) is 0 Å². The molecule has 136 valence electrons. The Bertz CT molecular complexity index is 758. The van der Waals surface area contributed by atoms with Crippen LogP contribution in [0.2, 0.25) is 0 Å². The molecule has 1 heterocycles. The molecule has 1 fully saturated rings. The summed E-state index contributed by atoms with van der Waals surface area (Å²) >= 11 is 0. The number of carbonyl (C=O) groups is 1. The molecule has 2 aromatic carbocycles. The smallest absolute Gasteiger partial charge is 0.244 e. The highest BCUT2D eigenvalue weighted by molar-refractivity contribution is 5.91. The fourth-order valence-corrected chi connectivity index (χ4v) is 3.12. The van der Waals surface area contributed by atoms with Gasteiger partial charge in [-0.1, -0.05) is 42.5 Å². The number of ether oxygens (including phenoxy) is 1. The molecular weight excluding hydrogens is 324 g/mol. The van der Waals surface area contributed by atoms with E-state index < -0.39 is 0 Å². The van der Waals surface area contributed by atoms with E-state index in [4.69, 9.17) is 4.74 Å². The monoisotopic (exact) mass is 350 g/mol. The molecule has 0 aromatic heterocycles. The highest BCUT2D eigenvalue weighted by Crippen LogP contribution is 2.22. The zero-order valence-corrected chi connectivity index (χ0v) is 15.4. The van der Waals surface area contributed by atoms with Crippen LogP contribution in [-0.2, 0) is 9.53 Å². The molecule has 2 aromatic rings. The summed E-state index contributed by atoms with van der Waals surface area (Å²) in [5, 5.41) is 3.04. The number of nitrogens with zero attached hydrogens (tertiary/aromatic N) is 1. The van der Waals surface area contributed by atoms with Crippen LogP contribution in [0.4, 0.5) is 5.69 Å². The second-order valence-electron chi connectivity index (χ2n) is 6.70. The van der Waals surface area contributed by atoms with Gasteiger partial charge in [-0.3, -0.25) is 4.79 Å². The van der Waals surface area contributed by atoms with Gasteiger partial charge in [0.1, 0.15) is 0 Å². The molecule has 4 nitrogen and oxygen atoms in total. The Labute approximate surface area is 155 Å². The maximum atomic E-state index is 12.2. The van der Waals surface area contributed by atoms with Crippen LogP contribution in [0.1, 0.15) is 31.0 Å². The second-order valence-corrected chi connectivity index (χ2v) is 6.70. The molecular formula is C22H26N2O2. The summed E-state index contributed by atoms with van der Waals surface area (Å²) < 4.78 is 5.62. The van der Waals surface area contributed by atoms with Crippen molar-refractivity contribution in [3.8, 4) is 0 Å². The van der Waals surface area contributed by atoms with E-state index in [0.29, 0.717) is 0 Å². The third-order valence-electron chi connectivity index (χ3n) is 4.56. The van der Waals surface area contributed by atoms with Crippen LogP contribution in [0.25, 0.3) is 6.08 Å². The predicted molar refractivity (Wildman–Crippen MR) is 106 cm³/mol. The van der Waals surface area contributed by atoms with Crippen molar-refractivity contribution in [1.82, 2.24) is 5.32 Å². The number of morpholine rings is 1. The first kappa shape index (κ1) is 18.2. The molecule has 3 rings (SSSR count). The molecule has 1 N–H and O–H groups in total. The summed E-state index contributed by atoms with van der Waals surface area (Å²) in [4.78, 5) is 14.5. The van der Waals surface area contributed by atoms with Crippen molar-refractivity contribution in [2.45, 2.75) is 26.0 Å². The van der Waals surface area contributed by atoms with Crippen molar-refractivity contribution >= 4 is 17.7 Å². The van der Waals surface area contributed by atoms with Crippen LogP contribution in [-0.4, -0.2) is 31.7 Å². The number of carbonyl (C=O) groups excluding carboxylic acids is 1. The lowest BCUT2D eigenvalue weighted by molar-refractivity contribution is -0.117. The lowest BCUT2D eigenvalue weighted by atomic mass is 10.1. The zero-order valence-electron chi connectivity index (χ0n) is 15.4.